The number of sulfonamides is 1. The molecule has 1 aromatic carbocycles. The third kappa shape index (κ3) is 5.81. The molecule has 1 aliphatic rings. The van der Waals surface area contributed by atoms with E-state index in [1.54, 1.807) is 32.0 Å². The summed E-state index contributed by atoms with van der Waals surface area (Å²) in [5.41, 5.74) is 0. The molecule has 26 heavy (non-hydrogen) atoms. The number of carbonyl (C=O) groups excluding carboxylic acids is 2. The lowest BCUT2D eigenvalue weighted by Crippen LogP contribution is -2.46. The summed E-state index contributed by atoms with van der Waals surface area (Å²) in [7, 11) is -3.86. The van der Waals surface area contributed by atoms with E-state index in [4.69, 9.17) is 4.74 Å². The molecule has 1 aromatic rings. The monoisotopic (exact) mass is 382 g/mol. The highest BCUT2D eigenvalue weighted by Gasteiger charge is 2.30. The molecule has 0 spiro atoms. The molecule has 1 atom stereocenters. The predicted molar refractivity (Wildman–Crippen MR) is 96.7 cm³/mol. The van der Waals surface area contributed by atoms with Crippen LogP contribution in [0.3, 0.4) is 0 Å². The lowest BCUT2D eigenvalue weighted by atomic mass is 10.1. The van der Waals surface area contributed by atoms with E-state index in [2.05, 4.69) is 10.0 Å². The number of carbonyl (C=O) groups is 2. The minimum atomic E-state index is -3.86. The van der Waals surface area contributed by atoms with Crippen LogP contribution in [0.25, 0.3) is 0 Å². The van der Waals surface area contributed by atoms with Gasteiger partial charge in [0.15, 0.2) is 6.61 Å². The second-order valence-corrected chi connectivity index (χ2v) is 8.53. The maximum Gasteiger partial charge on any atom is 0.324 e. The number of rotatable bonds is 8. The normalized spacial score (nSPS) is 16.4. The van der Waals surface area contributed by atoms with Crippen molar-refractivity contribution in [3.8, 4) is 0 Å². The van der Waals surface area contributed by atoms with Crippen LogP contribution in [0.4, 0.5) is 0 Å². The average Bonchev–Trinajstić information content (AvgIpc) is 3.11. The van der Waals surface area contributed by atoms with Gasteiger partial charge in [-0.1, -0.05) is 44.9 Å². The van der Waals surface area contributed by atoms with Crippen LogP contribution in [0.5, 0.6) is 0 Å². The Bertz CT molecular complexity index is 712. The Morgan fingerprint density at radius 1 is 1.15 bits per heavy atom. The van der Waals surface area contributed by atoms with Gasteiger partial charge >= 0.3 is 5.97 Å². The molecule has 1 amide bonds. The summed E-state index contributed by atoms with van der Waals surface area (Å²) in [6, 6.07) is 6.86. The summed E-state index contributed by atoms with van der Waals surface area (Å²) in [4.78, 5) is 24.2. The number of amides is 1. The number of benzene rings is 1. The number of hydrogen-bond donors (Lipinski definition) is 2. The number of esters is 1. The molecule has 0 aromatic heterocycles. The SMILES string of the molecule is CC(C)C(NS(=O)(=O)c1ccccc1)C(=O)OCC(=O)NC1CCCC1. The summed E-state index contributed by atoms with van der Waals surface area (Å²) in [5, 5.41) is 2.82. The highest BCUT2D eigenvalue weighted by atomic mass is 32.2. The molecule has 7 nitrogen and oxygen atoms in total. The van der Waals surface area contributed by atoms with Crippen LogP contribution in [-0.2, 0) is 24.3 Å². The summed E-state index contributed by atoms with van der Waals surface area (Å²) in [6.45, 7) is 3.00. The van der Waals surface area contributed by atoms with Crippen LogP contribution in [0.15, 0.2) is 35.2 Å². The van der Waals surface area contributed by atoms with Gasteiger partial charge in [-0.2, -0.15) is 4.72 Å². The zero-order valence-electron chi connectivity index (χ0n) is 15.1. The summed E-state index contributed by atoms with van der Waals surface area (Å²) >= 11 is 0. The van der Waals surface area contributed by atoms with E-state index < -0.39 is 28.6 Å². The molecule has 2 rings (SSSR count). The van der Waals surface area contributed by atoms with Crippen molar-refractivity contribution in [2.24, 2.45) is 5.92 Å². The Hall–Kier alpha value is -1.93. The van der Waals surface area contributed by atoms with E-state index in [0.29, 0.717) is 0 Å². The highest BCUT2D eigenvalue weighted by Crippen LogP contribution is 2.17. The lowest BCUT2D eigenvalue weighted by Gasteiger charge is -2.21. The van der Waals surface area contributed by atoms with E-state index in [9.17, 15) is 18.0 Å². The van der Waals surface area contributed by atoms with Crippen LogP contribution < -0.4 is 10.0 Å². The van der Waals surface area contributed by atoms with Crippen molar-refractivity contribution >= 4 is 21.9 Å². The zero-order valence-corrected chi connectivity index (χ0v) is 15.9. The van der Waals surface area contributed by atoms with E-state index in [1.165, 1.54) is 12.1 Å². The van der Waals surface area contributed by atoms with Gasteiger partial charge in [-0.05, 0) is 30.9 Å². The quantitative estimate of drug-likeness (QED) is 0.665. The van der Waals surface area contributed by atoms with Gasteiger partial charge in [-0.25, -0.2) is 8.42 Å². The van der Waals surface area contributed by atoms with E-state index >= 15 is 0 Å². The first kappa shape index (κ1) is 20.4. The van der Waals surface area contributed by atoms with E-state index in [1.807, 2.05) is 0 Å². The summed E-state index contributed by atoms with van der Waals surface area (Å²) in [5.74, 6) is -1.46. The second-order valence-electron chi connectivity index (χ2n) is 6.81. The highest BCUT2D eigenvalue weighted by molar-refractivity contribution is 7.89. The average molecular weight is 382 g/mol. The number of nitrogens with one attached hydrogen (secondary N) is 2. The first-order valence-electron chi connectivity index (χ1n) is 8.83. The molecule has 8 heteroatoms. The van der Waals surface area contributed by atoms with Crippen LogP contribution in [0, 0.1) is 5.92 Å². The van der Waals surface area contributed by atoms with Crippen molar-refractivity contribution < 1.29 is 22.7 Å². The van der Waals surface area contributed by atoms with Crippen LogP contribution in [0.2, 0.25) is 0 Å². The van der Waals surface area contributed by atoms with Gasteiger partial charge in [-0.15, -0.1) is 0 Å². The Balaban J connectivity index is 1.93. The van der Waals surface area contributed by atoms with Gasteiger partial charge in [-0.3, -0.25) is 9.59 Å². The van der Waals surface area contributed by atoms with Crippen molar-refractivity contribution in [2.45, 2.75) is 56.5 Å². The molecule has 0 heterocycles. The van der Waals surface area contributed by atoms with Gasteiger partial charge in [0.25, 0.3) is 5.91 Å². The molecule has 1 unspecified atom stereocenters. The molecule has 1 saturated carbocycles. The maximum absolute atomic E-state index is 12.4. The minimum absolute atomic E-state index is 0.0671. The number of hydrogen-bond acceptors (Lipinski definition) is 5. The van der Waals surface area contributed by atoms with Crippen molar-refractivity contribution in [3.63, 3.8) is 0 Å². The molecule has 0 aliphatic heterocycles. The first-order chi connectivity index (χ1) is 12.3. The molecule has 1 aliphatic carbocycles. The fourth-order valence-electron chi connectivity index (χ4n) is 2.86. The number of ether oxygens (including phenoxy) is 1. The summed E-state index contributed by atoms with van der Waals surface area (Å²) < 4.78 is 32.3. The standard InChI is InChI=1S/C18H26N2O5S/c1-13(2)17(20-26(23,24)15-10-4-3-5-11-15)18(22)25-12-16(21)19-14-8-6-7-9-14/h3-5,10-11,13-14,17,20H,6-9,12H2,1-2H3,(H,19,21). The Labute approximate surface area is 154 Å². The topological polar surface area (TPSA) is 102 Å². The fourth-order valence-corrected chi connectivity index (χ4v) is 4.21. The Morgan fingerprint density at radius 2 is 1.77 bits per heavy atom. The second kappa shape index (κ2) is 9.14. The van der Waals surface area contributed by atoms with Crippen LogP contribution in [0.1, 0.15) is 39.5 Å². The summed E-state index contributed by atoms with van der Waals surface area (Å²) in [6.07, 6.45) is 4.04. The van der Waals surface area contributed by atoms with Crippen molar-refractivity contribution in [3.05, 3.63) is 30.3 Å². The Kier molecular flexibility index (Phi) is 7.16. The van der Waals surface area contributed by atoms with E-state index in [-0.39, 0.29) is 22.8 Å². The van der Waals surface area contributed by atoms with Crippen LogP contribution >= 0.6 is 0 Å². The largest absolute Gasteiger partial charge is 0.454 e. The van der Waals surface area contributed by atoms with Gasteiger partial charge in [0, 0.05) is 6.04 Å². The molecule has 144 valence electrons. The molecular formula is C18H26N2O5S. The van der Waals surface area contributed by atoms with Gasteiger partial charge in [0.2, 0.25) is 10.0 Å². The zero-order chi connectivity index (χ0) is 19.2. The molecule has 0 bridgehead atoms. The fraction of sp³-hybridized carbons (Fsp3) is 0.556. The Morgan fingerprint density at radius 3 is 2.35 bits per heavy atom. The first-order valence-corrected chi connectivity index (χ1v) is 10.3. The van der Waals surface area contributed by atoms with Gasteiger partial charge < -0.3 is 10.1 Å². The lowest BCUT2D eigenvalue weighted by molar-refractivity contribution is -0.151. The molecule has 0 saturated heterocycles. The third-order valence-electron chi connectivity index (χ3n) is 4.32. The van der Waals surface area contributed by atoms with Gasteiger partial charge in [0.1, 0.15) is 6.04 Å². The molecule has 1 fully saturated rings. The molecule has 0 radical (unpaired) electrons. The molecular weight excluding hydrogens is 356 g/mol. The van der Waals surface area contributed by atoms with Crippen LogP contribution in [-0.4, -0.2) is 39.0 Å². The van der Waals surface area contributed by atoms with Crippen molar-refractivity contribution in [1.29, 1.82) is 0 Å². The smallest absolute Gasteiger partial charge is 0.324 e. The molecule has 2 N–H and O–H groups in total. The van der Waals surface area contributed by atoms with Crippen molar-refractivity contribution in [2.75, 3.05) is 6.61 Å². The minimum Gasteiger partial charge on any atom is -0.454 e. The third-order valence-corrected chi connectivity index (χ3v) is 5.78. The predicted octanol–water partition coefficient (Wildman–Crippen LogP) is 1.59. The maximum atomic E-state index is 12.4. The van der Waals surface area contributed by atoms with Gasteiger partial charge in [0.05, 0.1) is 4.90 Å². The van der Waals surface area contributed by atoms with Crippen molar-refractivity contribution in [1.82, 2.24) is 10.0 Å². The van der Waals surface area contributed by atoms with E-state index in [0.717, 1.165) is 25.7 Å².